The van der Waals surface area contributed by atoms with Crippen molar-refractivity contribution in [1.29, 1.82) is 0 Å². The van der Waals surface area contributed by atoms with Crippen LogP contribution in [0.1, 0.15) is 18.4 Å². The Kier molecular flexibility index (Phi) is 3.38. The van der Waals surface area contributed by atoms with Gasteiger partial charge in [-0.3, -0.25) is 11.3 Å². The lowest BCUT2D eigenvalue weighted by Crippen LogP contribution is -2.38. The molecule has 1 aliphatic carbocycles. The molecule has 82 valence electrons. The smallest absolute Gasteiger partial charge is 0.124 e. The lowest BCUT2D eigenvalue weighted by molar-refractivity contribution is 0.471. The Bertz CT molecular complexity index is 332. The van der Waals surface area contributed by atoms with Gasteiger partial charge in [-0.15, -0.1) is 0 Å². The second-order valence-corrected chi connectivity index (χ2v) is 5.01. The predicted molar refractivity (Wildman–Crippen MR) is 61.6 cm³/mol. The quantitative estimate of drug-likeness (QED) is 0.653. The van der Waals surface area contributed by atoms with E-state index in [0.29, 0.717) is 5.92 Å². The summed E-state index contributed by atoms with van der Waals surface area (Å²) in [5.74, 6) is 5.94. The molecule has 3 N–H and O–H groups in total. The maximum absolute atomic E-state index is 13.1. The van der Waals surface area contributed by atoms with Crippen LogP contribution in [0.25, 0.3) is 0 Å². The Morgan fingerprint density at radius 1 is 1.47 bits per heavy atom. The first-order chi connectivity index (χ1) is 7.19. The molecule has 0 bridgehead atoms. The molecule has 1 saturated carbocycles. The molecule has 2 rings (SSSR count). The van der Waals surface area contributed by atoms with Gasteiger partial charge in [-0.2, -0.15) is 0 Å². The summed E-state index contributed by atoms with van der Waals surface area (Å²) in [6, 6.07) is 5.25. The predicted octanol–water partition coefficient (Wildman–Crippen LogP) is 2.37. The molecule has 1 unspecified atom stereocenters. The summed E-state index contributed by atoms with van der Waals surface area (Å²) in [4.78, 5) is 0. The average molecular weight is 273 g/mol. The fourth-order valence-corrected chi connectivity index (χ4v) is 2.36. The Morgan fingerprint density at radius 2 is 2.20 bits per heavy atom. The van der Waals surface area contributed by atoms with Crippen molar-refractivity contribution in [1.82, 2.24) is 5.43 Å². The first kappa shape index (κ1) is 11.0. The number of halogens is 2. The van der Waals surface area contributed by atoms with Crippen LogP contribution in [0.2, 0.25) is 0 Å². The van der Waals surface area contributed by atoms with E-state index in [4.69, 9.17) is 5.84 Å². The summed E-state index contributed by atoms with van der Waals surface area (Å²) in [6.45, 7) is 0. The topological polar surface area (TPSA) is 38.0 Å². The van der Waals surface area contributed by atoms with Crippen molar-refractivity contribution in [3.8, 4) is 0 Å². The lowest BCUT2D eigenvalue weighted by atomic mass is 10.0. The van der Waals surface area contributed by atoms with Crippen LogP contribution in [0.15, 0.2) is 22.7 Å². The van der Waals surface area contributed by atoms with E-state index in [1.165, 1.54) is 18.9 Å². The molecule has 0 saturated heterocycles. The van der Waals surface area contributed by atoms with Crippen LogP contribution in [0.5, 0.6) is 0 Å². The molecule has 1 aromatic rings. The third kappa shape index (κ3) is 3.00. The molecular formula is C11H14BrFN2. The van der Waals surface area contributed by atoms with Gasteiger partial charge in [0.25, 0.3) is 0 Å². The van der Waals surface area contributed by atoms with Crippen LogP contribution >= 0.6 is 15.9 Å². The SMILES string of the molecule is NNC(Cc1cc(F)cc(Br)c1)C1CC1. The number of nitrogens with two attached hydrogens (primary N) is 1. The molecule has 1 fully saturated rings. The minimum absolute atomic E-state index is 0.203. The van der Waals surface area contributed by atoms with E-state index in [1.807, 2.05) is 6.07 Å². The van der Waals surface area contributed by atoms with E-state index < -0.39 is 0 Å². The molecule has 2 nitrogen and oxygen atoms in total. The summed E-state index contributed by atoms with van der Waals surface area (Å²) in [5.41, 5.74) is 3.80. The van der Waals surface area contributed by atoms with Crippen LogP contribution in [-0.4, -0.2) is 6.04 Å². The molecule has 1 aromatic carbocycles. The summed E-state index contributed by atoms with van der Waals surface area (Å²) in [5, 5.41) is 0. The Labute approximate surface area is 97.1 Å². The van der Waals surface area contributed by atoms with Crippen LogP contribution in [0, 0.1) is 11.7 Å². The Hall–Kier alpha value is -0.450. The molecule has 1 atom stereocenters. The molecule has 4 heteroatoms. The maximum Gasteiger partial charge on any atom is 0.124 e. The second kappa shape index (κ2) is 4.60. The van der Waals surface area contributed by atoms with Gasteiger partial charge in [0.1, 0.15) is 5.82 Å². The second-order valence-electron chi connectivity index (χ2n) is 4.09. The van der Waals surface area contributed by atoms with Gasteiger partial charge in [-0.05, 0) is 48.9 Å². The first-order valence-electron chi connectivity index (χ1n) is 5.10. The fraction of sp³-hybridized carbons (Fsp3) is 0.455. The monoisotopic (exact) mass is 272 g/mol. The Morgan fingerprint density at radius 3 is 2.73 bits per heavy atom. The van der Waals surface area contributed by atoms with Gasteiger partial charge in [-0.1, -0.05) is 15.9 Å². The summed E-state index contributed by atoms with van der Waals surface area (Å²) >= 11 is 3.29. The van der Waals surface area contributed by atoms with Crippen molar-refractivity contribution >= 4 is 15.9 Å². The lowest BCUT2D eigenvalue weighted by Gasteiger charge is -2.15. The first-order valence-corrected chi connectivity index (χ1v) is 5.89. The summed E-state index contributed by atoms with van der Waals surface area (Å²) in [6.07, 6.45) is 3.24. The Balaban J connectivity index is 2.08. The van der Waals surface area contributed by atoms with Gasteiger partial charge in [0.15, 0.2) is 0 Å². The highest BCUT2D eigenvalue weighted by Crippen LogP contribution is 2.34. The number of benzene rings is 1. The number of hydrogen-bond donors (Lipinski definition) is 2. The zero-order chi connectivity index (χ0) is 10.8. The van der Waals surface area contributed by atoms with Gasteiger partial charge in [-0.25, -0.2) is 4.39 Å². The molecular weight excluding hydrogens is 259 g/mol. The number of hydrazine groups is 1. The van der Waals surface area contributed by atoms with Crippen LogP contribution in [-0.2, 0) is 6.42 Å². The van der Waals surface area contributed by atoms with Crippen LogP contribution < -0.4 is 11.3 Å². The van der Waals surface area contributed by atoms with Gasteiger partial charge in [0.05, 0.1) is 0 Å². The molecule has 0 spiro atoms. The van der Waals surface area contributed by atoms with Crippen molar-refractivity contribution in [2.24, 2.45) is 11.8 Å². The van der Waals surface area contributed by atoms with Gasteiger partial charge >= 0.3 is 0 Å². The summed E-state index contributed by atoms with van der Waals surface area (Å²) in [7, 11) is 0. The maximum atomic E-state index is 13.1. The molecule has 0 aliphatic heterocycles. The van der Waals surface area contributed by atoms with E-state index in [1.54, 1.807) is 6.07 Å². The molecule has 0 radical (unpaired) electrons. The van der Waals surface area contributed by atoms with Crippen molar-refractivity contribution < 1.29 is 4.39 Å². The molecule has 15 heavy (non-hydrogen) atoms. The van der Waals surface area contributed by atoms with Gasteiger partial charge < -0.3 is 0 Å². The standard InChI is InChI=1S/C11H14BrFN2/c12-9-3-7(4-10(13)6-9)5-11(15-14)8-1-2-8/h3-4,6,8,11,15H,1-2,5,14H2. The van der Waals surface area contributed by atoms with Crippen molar-refractivity contribution in [3.63, 3.8) is 0 Å². The van der Waals surface area contributed by atoms with Gasteiger partial charge in [0.2, 0.25) is 0 Å². The average Bonchev–Trinajstić information content (AvgIpc) is 2.95. The van der Waals surface area contributed by atoms with Crippen LogP contribution in [0.3, 0.4) is 0 Å². The molecule has 0 amide bonds. The highest BCUT2D eigenvalue weighted by molar-refractivity contribution is 9.10. The van der Waals surface area contributed by atoms with E-state index in [-0.39, 0.29) is 11.9 Å². The molecule has 0 heterocycles. The van der Waals surface area contributed by atoms with Gasteiger partial charge in [0, 0.05) is 10.5 Å². The largest absolute Gasteiger partial charge is 0.271 e. The zero-order valence-corrected chi connectivity index (χ0v) is 9.93. The minimum Gasteiger partial charge on any atom is -0.271 e. The normalized spacial score (nSPS) is 17.8. The number of nitrogens with one attached hydrogen (secondary N) is 1. The van der Waals surface area contributed by atoms with Crippen molar-refractivity contribution in [2.45, 2.75) is 25.3 Å². The van der Waals surface area contributed by atoms with E-state index >= 15 is 0 Å². The highest BCUT2D eigenvalue weighted by atomic mass is 79.9. The third-order valence-electron chi connectivity index (χ3n) is 2.78. The number of hydrogen-bond acceptors (Lipinski definition) is 2. The molecule has 1 aliphatic rings. The minimum atomic E-state index is -0.203. The van der Waals surface area contributed by atoms with E-state index in [9.17, 15) is 4.39 Å². The van der Waals surface area contributed by atoms with Crippen LogP contribution in [0.4, 0.5) is 4.39 Å². The third-order valence-corrected chi connectivity index (χ3v) is 3.24. The molecule has 0 aromatic heterocycles. The van der Waals surface area contributed by atoms with Crippen molar-refractivity contribution in [2.75, 3.05) is 0 Å². The fourth-order valence-electron chi connectivity index (χ4n) is 1.84. The highest BCUT2D eigenvalue weighted by Gasteiger charge is 2.30. The number of rotatable bonds is 4. The van der Waals surface area contributed by atoms with E-state index in [0.717, 1.165) is 16.5 Å². The van der Waals surface area contributed by atoms with Crippen molar-refractivity contribution in [3.05, 3.63) is 34.1 Å². The van der Waals surface area contributed by atoms with E-state index in [2.05, 4.69) is 21.4 Å². The zero-order valence-electron chi connectivity index (χ0n) is 8.34. The summed E-state index contributed by atoms with van der Waals surface area (Å²) < 4.78 is 13.9.